The molecule has 20 heavy (non-hydrogen) atoms. The lowest BCUT2D eigenvalue weighted by molar-refractivity contribution is -0.144. The number of ether oxygens (including phenoxy) is 2. The Labute approximate surface area is 129 Å². The van der Waals surface area contributed by atoms with Gasteiger partial charge in [0.15, 0.2) is 0 Å². The lowest BCUT2D eigenvalue weighted by atomic mass is 10.2. The third-order valence-corrected chi connectivity index (χ3v) is 4.49. The van der Waals surface area contributed by atoms with E-state index in [9.17, 15) is 9.59 Å². The van der Waals surface area contributed by atoms with Crippen LogP contribution in [-0.2, 0) is 14.3 Å². The van der Waals surface area contributed by atoms with E-state index in [1.807, 2.05) is 0 Å². The van der Waals surface area contributed by atoms with Crippen LogP contribution in [0.25, 0.3) is 0 Å². The number of hydrogen-bond acceptors (Lipinski definition) is 6. The molecular formula is C13H25NO4S2. The van der Waals surface area contributed by atoms with Gasteiger partial charge in [-0.05, 0) is 34.1 Å². The van der Waals surface area contributed by atoms with Gasteiger partial charge < -0.3 is 14.8 Å². The molecule has 0 rings (SSSR count). The number of carbonyl (C=O) groups is 2. The van der Waals surface area contributed by atoms with Crippen molar-refractivity contribution in [1.29, 1.82) is 0 Å². The third kappa shape index (κ3) is 10.3. The highest BCUT2D eigenvalue weighted by atomic mass is 33.1. The first-order valence-corrected chi connectivity index (χ1v) is 9.19. The van der Waals surface area contributed by atoms with Crippen LogP contribution in [0, 0.1) is 0 Å². The summed E-state index contributed by atoms with van der Waals surface area (Å²) in [6.07, 6.45) is 0.470. The molecule has 0 saturated carbocycles. The summed E-state index contributed by atoms with van der Waals surface area (Å²) in [6, 6.07) is -0.681. The first-order valence-electron chi connectivity index (χ1n) is 6.70. The largest absolute Gasteiger partial charge is 0.464 e. The maximum atomic E-state index is 11.8. The van der Waals surface area contributed by atoms with E-state index in [2.05, 4.69) is 12.2 Å². The quantitative estimate of drug-likeness (QED) is 0.420. The van der Waals surface area contributed by atoms with E-state index in [0.29, 0.717) is 5.75 Å². The molecule has 0 bridgehead atoms. The van der Waals surface area contributed by atoms with Crippen LogP contribution < -0.4 is 5.32 Å². The molecule has 0 heterocycles. The first kappa shape index (κ1) is 19.4. The highest BCUT2D eigenvalue weighted by Crippen LogP contribution is 2.23. The number of nitrogens with one attached hydrogen (secondary N) is 1. The zero-order chi connectivity index (χ0) is 15.6. The van der Waals surface area contributed by atoms with Gasteiger partial charge in [0.05, 0.1) is 6.61 Å². The van der Waals surface area contributed by atoms with Crippen molar-refractivity contribution >= 4 is 33.7 Å². The van der Waals surface area contributed by atoms with E-state index in [0.717, 1.165) is 12.2 Å². The number of alkyl carbamates (subject to hydrolysis) is 1. The fraction of sp³-hybridized carbons (Fsp3) is 0.846. The molecule has 0 saturated heterocycles. The van der Waals surface area contributed by atoms with E-state index in [1.165, 1.54) is 0 Å². The summed E-state index contributed by atoms with van der Waals surface area (Å²) in [7, 11) is 3.22. The van der Waals surface area contributed by atoms with Gasteiger partial charge in [-0.3, -0.25) is 0 Å². The van der Waals surface area contributed by atoms with Crippen LogP contribution in [0.1, 0.15) is 41.0 Å². The van der Waals surface area contributed by atoms with Crippen LogP contribution in [0.4, 0.5) is 4.79 Å². The molecule has 1 unspecified atom stereocenters. The molecule has 0 aromatic heterocycles. The standard InChI is InChI=1S/C13H25NO4S2/c1-6-8-19-20-9-10(11(15)17-7-2)14-12(16)18-13(3,4)5/h10H,6-9H2,1-5H3,(H,14,16). The Kier molecular flexibility index (Phi) is 9.92. The SMILES string of the molecule is CCCSSCC(NC(=O)OC(C)(C)C)C(=O)OCC. The van der Waals surface area contributed by atoms with E-state index < -0.39 is 23.7 Å². The number of hydrogen-bond donors (Lipinski definition) is 1. The van der Waals surface area contributed by atoms with E-state index in [-0.39, 0.29) is 6.61 Å². The highest BCUT2D eigenvalue weighted by Gasteiger charge is 2.25. The Bertz CT molecular complexity index is 305. The topological polar surface area (TPSA) is 64.6 Å². The predicted octanol–water partition coefficient (Wildman–Crippen LogP) is 3.23. The summed E-state index contributed by atoms with van der Waals surface area (Å²) < 4.78 is 10.1. The van der Waals surface area contributed by atoms with Crippen molar-refractivity contribution in [1.82, 2.24) is 5.32 Å². The molecule has 1 amide bonds. The van der Waals surface area contributed by atoms with Gasteiger partial charge in [0.1, 0.15) is 11.6 Å². The fourth-order valence-corrected chi connectivity index (χ4v) is 3.41. The van der Waals surface area contributed by atoms with Crippen LogP contribution in [0.5, 0.6) is 0 Å². The fourth-order valence-electron chi connectivity index (χ4n) is 1.12. The smallest absolute Gasteiger partial charge is 0.408 e. The van der Waals surface area contributed by atoms with Crippen molar-refractivity contribution in [3.05, 3.63) is 0 Å². The maximum Gasteiger partial charge on any atom is 0.408 e. The Morgan fingerprint density at radius 2 is 1.85 bits per heavy atom. The van der Waals surface area contributed by atoms with Gasteiger partial charge in [-0.15, -0.1) is 0 Å². The molecule has 5 nitrogen and oxygen atoms in total. The molecular weight excluding hydrogens is 298 g/mol. The van der Waals surface area contributed by atoms with Gasteiger partial charge in [0.2, 0.25) is 0 Å². The van der Waals surface area contributed by atoms with Crippen molar-refractivity contribution in [2.24, 2.45) is 0 Å². The maximum absolute atomic E-state index is 11.8. The number of carbonyl (C=O) groups excluding carboxylic acids is 2. The molecule has 1 atom stereocenters. The van der Waals surface area contributed by atoms with Crippen LogP contribution >= 0.6 is 21.6 Å². The summed E-state index contributed by atoms with van der Waals surface area (Å²) >= 11 is 0. The molecule has 0 aromatic rings. The molecule has 0 aliphatic rings. The van der Waals surface area contributed by atoms with Crippen molar-refractivity contribution in [3.8, 4) is 0 Å². The van der Waals surface area contributed by atoms with Crippen molar-refractivity contribution < 1.29 is 19.1 Å². The lowest BCUT2D eigenvalue weighted by Gasteiger charge is -2.22. The van der Waals surface area contributed by atoms with Gasteiger partial charge in [-0.1, -0.05) is 28.5 Å². The van der Waals surface area contributed by atoms with Crippen molar-refractivity contribution in [3.63, 3.8) is 0 Å². The average molecular weight is 323 g/mol. The van der Waals surface area contributed by atoms with Gasteiger partial charge in [-0.2, -0.15) is 0 Å². The minimum Gasteiger partial charge on any atom is -0.464 e. The number of amides is 1. The number of rotatable bonds is 8. The second-order valence-electron chi connectivity index (χ2n) is 5.06. The molecule has 1 N–H and O–H groups in total. The Hall–Kier alpha value is -0.560. The second kappa shape index (κ2) is 10.2. The van der Waals surface area contributed by atoms with Crippen LogP contribution in [0.2, 0.25) is 0 Å². The van der Waals surface area contributed by atoms with E-state index in [4.69, 9.17) is 9.47 Å². The van der Waals surface area contributed by atoms with Gasteiger partial charge >= 0.3 is 12.1 Å². The summed E-state index contributed by atoms with van der Waals surface area (Å²) in [5, 5.41) is 2.57. The van der Waals surface area contributed by atoms with E-state index in [1.54, 1.807) is 49.3 Å². The van der Waals surface area contributed by atoms with Gasteiger partial charge in [0, 0.05) is 11.5 Å². The Morgan fingerprint density at radius 3 is 2.35 bits per heavy atom. The van der Waals surface area contributed by atoms with Gasteiger partial charge in [-0.25, -0.2) is 9.59 Å². The molecule has 0 aliphatic heterocycles. The zero-order valence-electron chi connectivity index (χ0n) is 12.9. The monoisotopic (exact) mass is 323 g/mol. The van der Waals surface area contributed by atoms with Crippen molar-refractivity contribution in [2.45, 2.75) is 52.7 Å². The second-order valence-corrected chi connectivity index (χ2v) is 7.68. The Morgan fingerprint density at radius 1 is 1.20 bits per heavy atom. The minimum atomic E-state index is -0.681. The summed E-state index contributed by atoms with van der Waals surface area (Å²) in [4.78, 5) is 23.5. The zero-order valence-corrected chi connectivity index (χ0v) is 14.5. The molecule has 7 heteroatoms. The van der Waals surface area contributed by atoms with Crippen molar-refractivity contribution in [2.75, 3.05) is 18.1 Å². The van der Waals surface area contributed by atoms with E-state index >= 15 is 0 Å². The normalized spacial score (nSPS) is 12.7. The van der Waals surface area contributed by atoms with Gasteiger partial charge in [0.25, 0.3) is 0 Å². The van der Waals surface area contributed by atoms with Crippen LogP contribution in [0.3, 0.4) is 0 Å². The highest BCUT2D eigenvalue weighted by molar-refractivity contribution is 8.76. The average Bonchev–Trinajstić information content (AvgIpc) is 2.31. The molecule has 0 aliphatic carbocycles. The molecule has 0 radical (unpaired) electrons. The molecule has 118 valence electrons. The summed E-state index contributed by atoms with van der Waals surface area (Å²) in [6.45, 7) is 9.45. The minimum absolute atomic E-state index is 0.290. The Balaban J connectivity index is 4.37. The third-order valence-electron chi connectivity index (χ3n) is 1.87. The molecule has 0 fully saturated rings. The predicted molar refractivity (Wildman–Crippen MR) is 85.0 cm³/mol. The summed E-state index contributed by atoms with van der Waals surface area (Å²) in [5.41, 5.74) is -0.590. The first-order chi connectivity index (χ1) is 9.30. The van der Waals surface area contributed by atoms with Crippen LogP contribution in [0.15, 0.2) is 0 Å². The summed E-state index contributed by atoms with van der Waals surface area (Å²) in [5.74, 6) is 1.04. The lowest BCUT2D eigenvalue weighted by Crippen LogP contribution is -2.45. The molecule has 0 aromatic carbocycles. The van der Waals surface area contributed by atoms with Crippen LogP contribution in [-0.4, -0.2) is 41.8 Å². The number of esters is 1. The molecule has 0 spiro atoms.